The average molecular weight is 539 g/mol. The minimum Gasteiger partial charge on any atom is -0.493 e. The van der Waals surface area contributed by atoms with E-state index in [1.165, 1.54) is 25.3 Å². The maximum atomic E-state index is 13.5. The number of dihydropyridines is 1. The normalized spacial score (nSPS) is 15.0. The fourth-order valence-corrected chi connectivity index (χ4v) is 4.48. The van der Waals surface area contributed by atoms with Gasteiger partial charge in [-0.25, -0.2) is 9.59 Å². The zero-order valence-corrected chi connectivity index (χ0v) is 22.4. The molecule has 0 spiro atoms. The molecular formula is C29H34N2O8. The van der Waals surface area contributed by atoms with E-state index in [4.69, 9.17) is 19.3 Å². The van der Waals surface area contributed by atoms with Crippen molar-refractivity contribution in [3.05, 3.63) is 92.3 Å². The molecule has 1 atom stereocenters. The first kappa shape index (κ1) is 29.4. The number of rotatable bonds is 13. The number of nitrogens with one attached hydrogen (secondary N) is 1. The van der Waals surface area contributed by atoms with Crippen LogP contribution < -0.4 is 10.1 Å². The molecule has 39 heavy (non-hydrogen) atoms. The van der Waals surface area contributed by atoms with E-state index in [0.717, 1.165) is 5.56 Å². The van der Waals surface area contributed by atoms with Gasteiger partial charge in [-0.15, -0.1) is 0 Å². The molecule has 10 heteroatoms. The summed E-state index contributed by atoms with van der Waals surface area (Å²) >= 11 is 0. The van der Waals surface area contributed by atoms with Crippen LogP contribution in [-0.4, -0.2) is 48.9 Å². The molecule has 0 amide bonds. The Bertz CT molecular complexity index is 1250. The van der Waals surface area contributed by atoms with Crippen LogP contribution in [0, 0.1) is 10.1 Å². The summed E-state index contributed by atoms with van der Waals surface area (Å²) in [6, 6.07) is 13.3. The Morgan fingerprint density at radius 2 is 1.67 bits per heavy atom. The van der Waals surface area contributed by atoms with Gasteiger partial charge in [0.15, 0.2) is 0 Å². The van der Waals surface area contributed by atoms with Crippen molar-refractivity contribution in [2.24, 2.45) is 0 Å². The number of aliphatic hydroxyl groups is 1. The highest BCUT2D eigenvalue weighted by Crippen LogP contribution is 2.41. The number of ether oxygens (including phenoxy) is 3. The van der Waals surface area contributed by atoms with Gasteiger partial charge >= 0.3 is 11.9 Å². The van der Waals surface area contributed by atoms with E-state index in [0.29, 0.717) is 55.0 Å². The fourth-order valence-electron chi connectivity index (χ4n) is 4.48. The Hall–Kier alpha value is -4.18. The molecule has 10 nitrogen and oxygen atoms in total. The molecule has 208 valence electrons. The zero-order chi connectivity index (χ0) is 28.4. The Morgan fingerprint density at radius 1 is 1.00 bits per heavy atom. The van der Waals surface area contributed by atoms with Crippen LogP contribution in [0.15, 0.2) is 71.1 Å². The second-order valence-corrected chi connectivity index (χ2v) is 8.85. The summed E-state index contributed by atoms with van der Waals surface area (Å²) in [6.45, 7) is 4.20. The largest absolute Gasteiger partial charge is 0.493 e. The van der Waals surface area contributed by atoms with Gasteiger partial charge in [0, 0.05) is 36.6 Å². The maximum absolute atomic E-state index is 13.5. The van der Waals surface area contributed by atoms with E-state index >= 15 is 0 Å². The summed E-state index contributed by atoms with van der Waals surface area (Å²) < 4.78 is 16.4. The molecule has 2 aromatic carbocycles. The zero-order valence-electron chi connectivity index (χ0n) is 22.4. The number of esters is 2. The van der Waals surface area contributed by atoms with Gasteiger partial charge in [0.25, 0.3) is 5.69 Å². The number of carbonyl (C=O) groups is 2. The van der Waals surface area contributed by atoms with Crippen LogP contribution in [0.1, 0.15) is 50.2 Å². The van der Waals surface area contributed by atoms with Crippen molar-refractivity contribution in [1.82, 2.24) is 5.32 Å². The van der Waals surface area contributed by atoms with Crippen LogP contribution in [-0.2, 0) is 25.5 Å². The molecule has 0 bridgehead atoms. The van der Waals surface area contributed by atoms with Gasteiger partial charge in [-0.1, -0.05) is 38.1 Å². The molecule has 3 rings (SSSR count). The van der Waals surface area contributed by atoms with Gasteiger partial charge < -0.3 is 24.6 Å². The van der Waals surface area contributed by atoms with Crippen molar-refractivity contribution in [3.63, 3.8) is 0 Å². The number of nitro benzene ring substituents is 1. The van der Waals surface area contributed by atoms with E-state index in [2.05, 4.69) is 5.32 Å². The number of hydrogen-bond donors (Lipinski definition) is 2. The first-order chi connectivity index (χ1) is 18.8. The highest BCUT2D eigenvalue weighted by molar-refractivity contribution is 6.00. The lowest BCUT2D eigenvalue weighted by Crippen LogP contribution is -2.33. The Labute approximate surface area is 227 Å². The Morgan fingerprint density at radius 3 is 2.26 bits per heavy atom. The molecule has 0 saturated carbocycles. The summed E-state index contributed by atoms with van der Waals surface area (Å²) in [5.74, 6) is -1.48. The average Bonchev–Trinajstić information content (AvgIpc) is 2.96. The number of allylic oxidation sites excluding steroid dienone is 2. The van der Waals surface area contributed by atoms with Crippen LogP contribution in [0.25, 0.3) is 0 Å². The Balaban J connectivity index is 1.81. The summed E-state index contributed by atoms with van der Waals surface area (Å²) in [5, 5.41) is 23.7. The molecule has 1 aliphatic rings. The van der Waals surface area contributed by atoms with Crippen molar-refractivity contribution < 1.29 is 33.8 Å². The lowest BCUT2D eigenvalue weighted by Gasteiger charge is -2.32. The Kier molecular flexibility index (Phi) is 10.6. The third kappa shape index (κ3) is 7.23. The number of aliphatic hydroxyl groups excluding tert-OH is 1. The summed E-state index contributed by atoms with van der Waals surface area (Å²) in [7, 11) is 1.25. The van der Waals surface area contributed by atoms with Gasteiger partial charge in [0.1, 0.15) is 5.75 Å². The number of hydrogen-bond acceptors (Lipinski definition) is 9. The van der Waals surface area contributed by atoms with Crippen molar-refractivity contribution in [2.75, 3.05) is 26.9 Å². The number of nitrogens with zero attached hydrogens (tertiary/aromatic N) is 1. The second-order valence-electron chi connectivity index (χ2n) is 8.85. The number of carbonyl (C=O) groups excluding carboxylic acids is 2. The predicted molar refractivity (Wildman–Crippen MR) is 144 cm³/mol. The third-order valence-corrected chi connectivity index (χ3v) is 6.39. The molecule has 0 saturated heterocycles. The molecular weight excluding hydrogens is 504 g/mol. The monoisotopic (exact) mass is 538 g/mol. The molecule has 2 aromatic rings. The molecule has 0 aliphatic carbocycles. The van der Waals surface area contributed by atoms with Crippen LogP contribution in [0.5, 0.6) is 5.75 Å². The van der Waals surface area contributed by atoms with E-state index in [1.807, 2.05) is 38.1 Å². The summed E-state index contributed by atoms with van der Waals surface area (Å²) in [5.41, 5.74) is 2.88. The summed E-state index contributed by atoms with van der Waals surface area (Å²) in [4.78, 5) is 37.4. The topological polar surface area (TPSA) is 137 Å². The van der Waals surface area contributed by atoms with Crippen LogP contribution in [0.2, 0.25) is 0 Å². The van der Waals surface area contributed by atoms with Crippen molar-refractivity contribution in [3.8, 4) is 5.75 Å². The smallest absolute Gasteiger partial charge is 0.336 e. The van der Waals surface area contributed by atoms with Gasteiger partial charge in [-0.2, -0.15) is 0 Å². The van der Waals surface area contributed by atoms with Gasteiger partial charge in [-0.05, 0) is 42.5 Å². The third-order valence-electron chi connectivity index (χ3n) is 6.39. The van der Waals surface area contributed by atoms with Crippen LogP contribution in [0.4, 0.5) is 5.69 Å². The highest BCUT2D eigenvalue weighted by atomic mass is 16.6. The van der Waals surface area contributed by atoms with Crippen molar-refractivity contribution >= 4 is 17.6 Å². The van der Waals surface area contributed by atoms with Gasteiger partial charge in [0.2, 0.25) is 0 Å². The van der Waals surface area contributed by atoms with Gasteiger partial charge in [0.05, 0.1) is 42.3 Å². The molecule has 0 radical (unpaired) electrons. The molecule has 2 N–H and O–H groups in total. The first-order valence-corrected chi connectivity index (χ1v) is 12.9. The minimum atomic E-state index is -0.898. The van der Waals surface area contributed by atoms with Crippen molar-refractivity contribution in [1.29, 1.82) is 0 Å². The highest BCUT2D eigenvalue weighted by Gasteiger charge is 2.39. The summed E-state index contributed by atoms with van der Waals surface area (Å²) in [6.07, 6.45) is 1.90. The first-order valence-electron chi connectivity index (χ1n) is 12.9. The number of methoxy groups -OCH3 is 1. The molecule has 0 aromatic heterocycles. The van der Waals surface area contributed by atoms with Crippen LogP contribution >= 0.6 is 0 Å². The maximum Gasteiger partial charge on any atom is 0.336 e. The number of benzene rings is 2. The van der Waals surface area contributed by atoms with E-state index in [9.17, 15) is 19.7 Å². The van der Waals surface area contributed by atoms with E-state index in [1.54, 1.807) is 6.07 Å². The standard InChI is InChI=1S/C29H34N2O8/c1-4-23-26(28(33)37-3)25(20-8-6-9-21(18-20)31(35)36)27(24(5-2)30-23)29(34)39-17-7-16-38-22-12-10-19(11-13-22)14-15-32/h6,8-13,18,25,30,32H,4-5,7,14-17H2,1-3H3. The quantitative estimate of drug-likeness (QED) is 0.165. The number of nitro groups is 1. The van der Waals surface area contributed by atoms with Crippen LogP contribution in [0.3, 0.4) is 0 Å². The molecule has 1 heterocycles. The van der Waals surface area contributed by atoms with E-state index < -0.39 is 22.8 Å². The molecule has 1 unspecified atom stereocenters. The predicted octanol–water partition coefficient (Wildman–Crippen LogP) is 4.33. The molecule has 1 aliphatic heterocycles. The molecule has 0 fully saturated rings. The lowest BCUT2D eigenvalue weighted by atomic mass is 9.79. The SMILES string of the molecule is CCC1=C(C(=O)OC)C(c2cccc([N+](=O)[O-])c2)C(C(=O)OCCCOc2ccc(CCO)cc2)=C(CC)N1. The van der Waals surface area contributed by atoms with Gasteiger partial charge in [-0.3, -0.25) is 10.1 Å². The van der Waals surface area contributed by atoms with Crippen molar-refractivity contribution in [2.45, 2.75) is 45.4 Å². The minimum absolute atomic E-state index is 0.0709. The number of non-ortho nitro benzene ring substituents is 1. The fraction of sp³-hybridized carbons (Fsp3) is 0.379. The lowest BCUT2D eigenvalue weighted by molar-refractivity contribution is -0.384. The second kappa shape index (κ2) is 14.1. The van der Waals surface area contributed by atoms with E-state index in [-0.39, 0.29) is 30.0 Å².